The summed E-state index contributed by atoms with van der Waals surface area (Å²) in [5.41, 5.74) is 6.20. The van der Waals surface area contributed by atoms with Crippen molar-refractivity contribution in [3.8, 4) is 0 Å². The number of benzene rings is 1. The molecule has 0 aliphatic heterocycles. The van der Waals surface area contributed by atoms with Crippen LogP contribution in [0.5, 0.6) is 0 Å². The van der Waals surface area contributed by atoms with Crippen LogP contribution in [0, 0.1) is 13.8 Å². The zero-order valence-corrected chi connectivity index (χ0v) is 12.2. The van der Waals surface area contributed by atoms with Gasteiger partial charge in [0, 0.05) is 5.69 Å². The molecule has 0 radical (unpaired) electrons. The third-order valence-corrected chi connectivity index (χ3v) is 4.48. The summed E-state index contributed by atoms with van der Waals surface area (Å²) in [4.78, 5) is 11.1. The lowest BCUT2D eigenvalue weighted by Crippen LogP contribution is -2.17. The van der Waals surface area contributed by atoms with Gasteiger partial charge in [-0.05, 0) is 32.0 Å². The van der Waals surface area contributed by atoms with E-state index in [-0.39, 0.29) is 21.8 Å². The summed E-state index contributed by atoms with van der Waals surface area (Å²) in [6.45, 7) is 3.10. The third-order valence-electron chi connectivity index (χ3n) is 2.85. The van der Waals surface area contributed by atoms with Crippen molar-refractivity contribution in [3.05, 3.63) is 35.2 Å². The minimum Gasteiger partial charge on any atom is -0.478 e. The van der Waals surface area contributed by atoms with Crippen LogP contribution < -0.4 is 10.5 Å². The minimum atomic E-state index is -3.97. The summed E-state index contributed by atoms with van der Waals surface area (Å²) >= 11 is 0. The number of hydrogen-bond donors (Lipinski definition) is 4. The summed E-state index contributed by atoms with van der Waals surface area (Å²) in [7, 11) is -3.97. The maximum atomic E-state index is 12.4. The van der Waals surface area contributed by atoms with Gasteiger partial charge in [0.2, 0.25) is 0 Å². The molecular weight excluding hydrogens is 296 g/mol. The molecule has 0 bridgehead atoms. The number of carboxylic acids is 1. The Morgan fingerprint density at radius 1 is 1.38 bits per heavy atom. The molecule has 0 amide bonds. The van der Waals surface area contributed by atoms with Crippen LogP contribution >= 0.6 is 0 Å². The third kappa shape index (κ3) is 2.82. The second-order valence-electron chi connectivity index (χ2n) is 4.48. The summed E-state index contributed by atoms with van der Waals surface area (Å²) in [5, 5.41) is 15.5. The van der Waals surface area contributed by atoms with Crippen molar-refractivity contribution in [1.29, 1.82) is 0 Å². The molecule has 0 saturated heterocycles. The van der Waals surface area contributed by atoms with Gasteiger partial charge in [0.05, 0.1) is 22.6 Å². The van der Waals surface area contributed by atoms with Crippen molar-refractivity contribution >= 4 is 27.4 Å². The van der Waals surface area contributed by atoms with Crippen LogP contribution in [-0.2, 0) is 10.0 Å². The van der Waals surface area contributed by atoms with Crippen LogP contribution in [0.4, 0.5) is 11.4 Å². The van der Waals surface area contributed by atoms with Gasteiger partial charge < -0.3 is 10.8 Å². The molecule has 2 rings (SSSR count). The highest BCUT2D eigenvalue weighted by Crippen LogP contribution is 2.25. The number of aromatic nitrogens is 2. The quantitative estimate of drug-likeness (QED) is 0.624. The summed E-state index contributed by atoms with van der Waals surface area (Å²) in [6.07, 6.45) is 0. The van der Waals surface area contributed by atoms with E-state index in [0.717, 1.165) is 0 Å². The Labute approximate surface area is 121 Å². The minimum absolute atomic E-state index is 0.0127. The molecule has 0 aliphatic carbocycles. The van der Waals surface area contributed by atoms with E-state index < -0.39 is 16.0 Å². The zero-order chi connectivity index (χ0) is 15.8. The first-order valence-electron chi connectivity index (χ1n) is 5.89. The second kappa shape index (κ2) is 5.09. The lowest BCUT2D eigenvalue weighted by Gasteiger charge is -2.11. The van der Waals surface area contributed by atoms with E-state index in [9.17, 15) is 13.2 Å². The first-order chi connectivity index (χ1) is 9.72. The Balaban J connectivity index is 2.51. The number of nitrogen functional groups attached to an aromatic ring is 1. The van der Waals surface area contributed by atoms with Crippen LogP contribution in [0.3, 0.4) is 0 Å². The van der Waals surface area contributed by atoms with Gasteiger partial charge >= 0.3 is 5.97 Å². The standard InChI is InChI=1S/C12H14N4O4S/c1-6-11(7(2)15-14-6)21(19,20)16-10-5-8(13)3-4-9(10)12(17)18/h3-5,16H,13H2,1-2H3,(H,14,15)(H,17,18). The fraction of sp³-hybridized carbons (Fsp3) is 0.167. The highest BCUT2D eigenvalue weighted by molar-refractivity contribution is 7.92. The Morgan fingerprint density at radius 3 is 2.57 bits per heavy atom. The molecule has 0 fully saturated rings. The molecule has 8 nitrogen and oxygen atoms in total. The molecule has 2 aromatic rings. The monoisotopic (exact) mass is 310 g/mol. The fourth-order valence-corrected chi connectivity index (χ4v) is 3.41. The number of aromatic carboxylic acids is 1. The van der Waals surface area contributed by atoms with Crippen molar-refractivity contribution in [2.24, 2.45) is 0 Å². The van der Waals surface area contributed by atoms with Crippen LogP contribution in [-0.4, -0.2) is 29.7 Å². The van der Waals surface area contributed by atoms with Crippen LogP contribution in [0.1, 0.15) is 21.7 Å². The van der Waals surface area contributed by atoms with Gasteiger partial charge in [0.25, 0.3) is 10.0 Å². The number of anilines is 2. The van der Waals surface area contributed by atoms with Crippen LogP contribution in [0.15, 0.2) is 23.1 Å². The number of rotatable bonds is 4. The number of aryl methyl sites for hydroxylation is 2. The van der Waals surface area contributed by atoms with Gasteiger partial charge in [-0.3, -0.25) is 9.82 Å². The number of aromatic amines is 1. The smallest absolute Gasteiger partial charge is 0.337 e. The number of nitrogens with zero attached hydrogens (tertiary/aromatic N) is 1. The normalized spacial score (nSPS) is 11.3. The van der Waals surface area contributed by atoms with Crippen molar-refractivity contribution in [2.45, 2.75) is 18.7 Å². The summed E-state index contributed by atoms with van der Waals surface area (Å²) in [6, 6.07) is 3.88. The zero-order valence-electron chi connectivity index (χ0n) is 11.3. The molecule has 21 heavy (non-hydrogen) atoms. The van der Waals surface area contributed by atoms with Crippen LogP contribution in [0.25, 0.3) is 0 Å². The predicted octanol–water partition coefficient (Wildman–Crippen LogP) is 1.11. The van der Waals surface area contributed by atoms with Crippen LogP contribution in [0.2, 0.25) is 0 Å². The van der Waals surface area contributed by atoms with E-state index in [1.54, 1.807) is 6.92 Å². The van der Waals surface area contributed by atoms with Crippen molar-refractivity contribution < 1.29 is 18.3 Å². The lowest BCUT2D eigenvalue weighted by atomic mass is 10.1. The molecule has 112 valence electrons. The maximum absolute atomic E-state index is 12.4. The lowest BCUT2D eigenvalue weighted by molar-refractivity contribution is 0.0698. The topological polar surface area (TPSA) is 138 Å². The van der Waals surface area contributed by atoms with E-state index >= 15 is 0 Å². The molecule has 1 aromatic carbocycles. The summed E-state index contributed by atoms with van der Waals surface area (Å²) < 4.78 is 27.0. The van der Waals surface area contributed by atoms with Crippen molar-refractivity contribution in [3.63, 3.8) is 0 Å². The Hall–Kier alpha value is -2.55. The highest BCUT2D eigenvalue weighted by Gasteiger charge is 2.24. The predicted molar refractivity (Wildman–Crippen MR) is 76.7 cm³/mol. The molecule has 0 atom stereocenters. The molecule has 0 saturated carbocycles. The fourth-order valence-electron chi connectivity index (χ4n) is 1.97. The van der Waals surface area contributed by atoms with E-state index in [0.29, 0.717) is 11.4 Å². The van der Waals surface area contributed by atoms with Gasteiger partial charge in [0.1, 0.15) is 4.90 Å². The molecule has 1 aromatic heterocycles. The number of hydrogen-bond acceptors (Lipinski definition) is 5. The van der Waals surface area contributed by atoms with Crippen molar-refractivity contribution in [2.75, 3.05) is 10.5 Å². The van der Waals surface area contributed by atoms with E-state index in [1.807, 2.05) is 0 Å². The largest absolute Gasteiger partial charge is 0.478 e. The number of nitrogens with one attached hydrogen (secondary N) is 2. The Bertz CT molecular complexity index is 791. The average molecular weight is 310 g/mol. The van der Waals surface area contributed by atoms with Crippen molar-refractivity contribution in [1.82, 2.24) is 10.2 Å². The van der Waals surface area contributed by atoms with Gasteiger partial charge in [-0.15, -0.1) is 0 Å². The molecule has 1 heterocycles. The molecule has 0 unspecified atom stereocenters. The molecule has 9 heteroatoms. The number of H-pyrrole nitrogens is 1. The van der Waals surface area contributed by atoms with E-state index in [1.165, 1.54) is 25.1 Å². The molecular formula is C12H14N4O4S. The Kier molecular flexibility index (Phi) is 3.60. The number of carboxylic acid groups (broad SMARTS) is 1. The maximum Gasteiger partial charge on any atom is 0.337 e. The number of nitrogens with two attached hydrogens (primary N) is 1. The van der Waals surface area contributed by atoms with E-state index in [4.69, 9.17) is 10.8 Å². The van der Waals surface area contributed by atoms with Gasteiger partial charge in [0.15, 0.2) is 0 Å². The highest BCUT2D eigenvalue weighted by atomic mass is 32.2. The number of sulfonamides is 1. The first-order valence-corrected chi connectivity index (χ1v) is 7.38. The summed E-state index contributed by atoms with van der Waals surface area (Å²) in [5.74, 6) is -1.26. The Morgan fingerprint density at radius 2 is 2.05 bits per heavy atom. The average Bonchev–Trinajstić information content (AvgIpc) is 2.68. The molecule has 0 aliphatic rings. The first kappa shape index (κ1) is 14.9. The molecule has 0 spiro atoms. The van der Waals surface area contributed by atoms with Gasteiger partial charge in [-0.25, -0.2) is 13.2 Å². The SMILES string of the molecule is Cc1n[nH]c(C)c1S(=O)(=O)Nc1cc(N)ccc1C(=O)O. The van der Waals surface area contributed by atoms with Gasteiger partial charge in [-0.2, -0.15) is 5.10 Å². The second-order valence-corrected chi connectivity index (χ2v) is 6.10. The molecule has 5 N–H and O–H groups in total. The van der Waals surface area contributed by atoms with Gasteiger partial charge in [-0.1, -0.05) is 0 Å². The van der Waals surface area contributed by atoms with E-state index in [2.05, 4.69) is 14.9 Å². The number of carbonyl (C=O) groups is 1.